The maximum absolute atomic E-state index is 7.39. The minimum Gasteiger partial charge on any atom is -0.490 e. The topological polar surface area (TPSA) is 68.3 Å². The summed E-state index contributed by atoms with van der Waals surface area (Å²) in [5.74, 6) is 1.93. The van der Waals surface area contributed by atoms with Crippen molar-refractivity contribution >= 4 is 5.84 Å². The minimum absolute atomic E-state index is 0.0811. The van der Waals surface area contributed by atoms with Crippen LogP contribution in [0.15, 0.2) is 42.5 Å². The van der Waals surface area contributed by atoms with E-state index in [-0.39, 0.29) is 5.84 Å². The summed E-state index contributed by atoms with van der Waals surface area (Å²) in [7, 11) is 0. The first-order chi connectivity index (χ1) is 11.2. The fraction of sp³-hybridized carbons (Fsp3) is 0.316. The van der Waals surface area contributed by atoms with E-state index >= 15 is 0 Å². The van der Waals surface area contributed by atoms with Gasteiger partial charge in [-0.25, -0.2) is 0 Å². The molecule has 3 rings (SSSR count). The van der Waals surface area contributed by atoms with Gasteiger partial charge in [0.2, 0.25) is 0 Å². The van der Waals surface area contributed by atoms with Crippen LogP contribution in [0, 0.1) is 5.41 Å². The van der Waals surface area contributed by atoms with Crippen molar-refractivity contribution in [2.45, 2.75) is 38.9 Å². The summed E-state index contributed by atoms with van der Waals surface area (Å²) in [6.07, 6.45) is 3.50. The third-order valence-corrected chi connectivity index (χ3v) is 4.19. The zero-order chi connectivity index (χ0) is 16.2. The average molecular weight is 310 g/mol. The van der Waals surface area contributed by atoms with Crippen LogP contribution in [0.2, 0.25) is 0 Å². The molecule has 1 aliphatic heterocycles. The van der Waals surface area contributed by atoms with Gasteiger partial charge in [0.1, 0.15) is 23.9 Å². The second kappa shape index (κ2) is 6.73. The molecule has 4 nitrogen and oxygen atoms in total. The first-order valence-electron chi connectivity index (χ1n) is 8.01. The van der Waals surface area contributed by atoms with E-state index in [0.29, 0.717) is 12.7 Å². The van der Waals surface area contributed by atoms with Crippen molar-refractivity contribution in [3.63, 3.8) is 0 Å². The second-order valence-electron chi connectivity index (χ2n) is 5.86. The van der Waals surface area contributed by atoms with E-state index in [4.69, 9.17) is 20.6 Å². The molecule has 3 N–H and O–H groups in total. The molecular weight excluding hydrogens is 288 g/mol. The predicted octanol–water partition coefficient (Wildman–Crippen LogP) is 3.65. The van der Waals surface area contributed by atoms with E-state index in [1.807, 2.05) is 36.4 Å². The first-order valence-corrected chi connectivity index (χ1v) is 8.01. The number of rotatable bonds is 5. The Hall–Kier alpha value is -2.49. The third-order valence-electron chi connectivity index (χ3n) is 4.19. The summed E-state index contributed by atoms with van der Waals surface area (Å²) in [6.45, 7) is 2.65. The molecule has 0 saturated heterocycles. The summed E-state index contributed by atoms with van der Waals surface area (Å²) < 4.78 is 11.8. The number of nitrogens with one attached hydrogen (secondary N) is 1. The third kappa shape index (κ3) is 3.65. The monoisotopic (exact) mass is 310 g/mol. The molecule has 120 valence electrons. The summed E-state index contributed by atoms with van der Waals surface area (Å²) in [6, 6.07) is 13.6. The highest BCUT2D eigenvalue weighted by molar-refractivity contribution is 5.94. The number of nitrogen functional groups attached to an aromatic ring is 1. The molecule has 1 atom stereocenters. The molecule has 1 unspecified atom stereocenters. The Morgan fingerprint density at radius 1 is 1.26 bits per heavy atom. The summed E-state index contributed by atoms with van der Waals surface area (Å²) in [5.41, 5.74) is 8.45. The molecule has 2 aromatic rings. The summed E-state index contributed by atoms with van der Waals surface area (Å²) in [5, 5.41) is 7.39. The van der Waals surface area contributed by atoms with Gasteiger partial charge in [0, 0.05) is 5.56 Å². The van der Waals surface area contributed by atoms with Gasteiger partial charge in [-0.2, -0.15) is 0 Å². The molecule has 0 radical (unpaired) electrons. The Balaban J connectivity index is 1.64. The lowest BCUT2D eigenvalue weighted by Crippen LogP contribution is -2.21. The maximum atomic E-state index is 7.39. The van der Waals surface area contributed by atoms with Crippen LogP contribution in [0.25, 0.3) is 0 Å². The lowest BCUT2D eigenvalue weighted by molar-refractivity contribution is 0.169. The molecule has 4 heteroatoms. The zero-order valence-corrected chi connectivity index (χ0v) is 13.3. The lowest BCUT2D eigenvalue weighted by Gasteiger charge is -2.25. The molecule has 0 aromatic heterocycles. The quantitative estimate of drug-likeness (QED) is 0.654. The number of hydrogen-bond donors (Lipinski definition) is 2. The van der Waals surface area contributed by atoms with E-state index < -0.39 is 0 Å². The van der Waals surface area contributed by atoms with Crippen molar-refractivity contribution in [2.24, 2.45) is 5.73 Å². The number of amidine groups is 1. The lowest BCUT2D eigenvalue weighted by atomic mass is 10.0. The normalized spacial score (nSPS) is 16.3. The number of hydrogen-bond acceptors (Lipinski definition) is 3. The van der Waals surface area contributed by atoms with Crippen LogP contribution in [0.3, 0.4) is 0 Å². The van der Waals surface area contributed by atoms with Crippen molar-refractivity contribution in [2.75, 3.05) is 0 Å². The minimum atomic E-state index is 0.0811. The Bertz CT molecular complexity index is 695. The SMILES string of the molecule is CCC1CCc2cc(OCc3ccc(C(=N)N)cc3)ccc2O1. The van der Waals surface area contributed by atoms with Crippen molar-refractivity contribution in [3.8, 4) is 11.5 Å². The molecular formula is C19H22N2O2. The van der Waals surface area contributed by atoms with Crippen molar-refractivity contribution in [3.05, 3.63) is 59.2 Å². The van der Waals surface area contributed by atoms with Gasteiger partial charge in [0.15, 0.2) is 0 Å². The fourth-order valence-electron chi connectivity index (χ4n) is 2.75. The molecule has 0 saturated carbocycles. The first kappa shape index (κ1) is 15.4. The van der Waals surface area contributed by atoms with E-state index in [1.165, 1.54) is 5.56 Å². The smallest absolute Gasteiger partial charge is 0.123 e. The van der Waals surface area contributed by atoms with Crippen LogP contribution in [0.5, 0.6) is 11.5 Å². The maximum Gasteiger partial charge on any atom is 0.123 e. The Morgan fingerprint density at radius 2 is 2.04 bits per heavy atom. The van der Waals surface area contributed by atoms with Crippen LogP contribution in [-0.4, -0.2) is 11.9 Å². The van der Waals surface area contributed by atoms with E-state index in [9.17, 15) is 0 Å². The fourth-order valence-corrected chi connectivity index (χ4v) is 2.75. The van der Waals surface area contributed by atoms with Crippen LogP contribution in [0.4, 0.5) is 0 Å². The molecule has 0 fully saturated rings. The van der Waals surface area contributed by atoms with E-state index in [0.717, 1.165) is 41.9 Å². The van der Waals surface area contributed by atoms with Gasteiger partial charge in [-0.1, -0.05) is 31.2 Å². The van der Waals surface area contributed by atoms with Crippen LogP contribution in [-0.2, 0) is 13.0 Å². The standard InChI is InChI=1S/C19H22N2O2/c1-2-16-8-7-15-11-17(9-10-18(15)23-16)22-12-13-3-5-14(6-4-13)19(20)21/h3-6,9-11,16H,2,7-8,12H2,1H3,(H3,20,21). The van der Waals surface area contributed by atoms with Gasteiger partial charge >= 0.3 is 0 Å². The molecule has 0 amide bonds. The molecule has 0 bridgehead atoms. The molecule has 1 aliphatic rings. The van der Waals surface area contributed by atoms with Gasteiger partial charge in [-0.05, 0) is 48.6 Å². The molecule has 0 spiro atoms. The molecule has 1 heterocycles. The van der Waals surface area contributed by atoms with Crippen molar-refractivity contribution in [1.29, 1.82) is 5.41 Å². The summed E-state index contributed by atoms with van der Waals surface area (Å²) in [4.78, 5) is 0. The van der Waals surface area contributed by atoms with Gasteiger partial charge in [0.25, 0.3) is 0 Å². The van der Waals surface area contributed by atoms with Crippen LogP contribution < -0.4 is 15.2 Å². The molecule has 0 aliphatic carbocycles. The van der Waals surface area contributed by atoms with Gasteiger partial charge in [-0.3, -0.25) is 5.41 Å². The highest BCUT2D eigenvalue weighted by atomic mass is 16.5. The highest BCUT2D eigenvalue weighted by Gasteiger charge is 2.18. The number of fused-ring (bicyclic) bond motifs is 1. The molecule has 23 heavy (non-hydrogen) atoms. The van der Waals surface area contributed by atoms with Gasteiger partial charge < -0.3 is 15.2 Å². The zero-order valence-electron chi connectivity index (χ0n) is 13.3. The number of nitrogens with two attached hydrogens (primary N) is 1. The average Bonchev–Trinajstić information content (AvgIpc) is 2.59. The van der Waals surface area contributed by atoms with Crippen LogP contribution >= 0.6 is 0 Å². The number of aryl methyl sites for hydroxylation is 1. The van der Waals surface area contributed by atoms with Gasteiger partial charge in [-0.15, -0.1) is 0 Å². The van der Waals surface area contributed by atoms with Crippen molar-refractivity contribution < 1.29 is 9.47 Å². The molecule has 2 aromatic carbocycles. The Kier molecular flexibility index (Phi) is 4.51. The van der Waals surface area contributed by atoms with Crippen LogP contribution in [0.1, 0.15) is 36.5 Å². The summed E-state index contributed by atoms with van der Waals surface area (Å²) >= 11 is 0. The highest BCUT2D eigenvalue weighted by Crippen LogP contribution is 2.31. The van der Waals surface area contributed by atoms with E-state index in [1.54, 1.807) is 0 Å². The van der Waals surface area contributed by atoms with Gasteiger partial charge in [0.05, 0.1) is 6.10 Å². The largest absolute Gasteiger partial charge is 0.490 e. The predicted molar refractivity (Wildman–Crippen MR) is 91.3 cm³/mol. The Morgan fingerprint density at radius 3 is 2.74 bits per heavy atom. The Labute approximate surface area is 136 Å². The van der Waals surface area contributed by atoms with E-state index in [2.05, 4.69) is 13.0 Å². The van der Waals surface area contributed by atoms with Crippen molar-refractivity contribution in [1.82, 2.24) is 0 Å². The second-order valence-corrected chi connectivity index (χ2v) is 5.86. The number of benzene rings is 2. The number of ether oxygens (including phenoxy) is 2.